The summed E-state index contributed by atoms with van der Waals surface area (Å²) >= 11 is 0. The van der Waals surface area contributed by atoms with Gasteiger partial charge in [-0.2, -0.15) is 4.39 Å². The van der Waals surface area contributed by atoms with E-state index >= 15 is 0 Å². The summed E-state index contributed by atoms with van der Waals surface area (Å²) in [5.74, 6) is -0.552. The zero-order valence-corrected chi connectivity index (χ0v) is 9.55. The minimum Gasteiger partial charge on any atom is -0.481 e. The first-order valence-electron chi connectivity index (χ1n) is 5.12. The van der Waals surface area contributed by atoms with Crippen molar-refractivity contribution >= 4 is 11.6 Å². The molecule has 0 spiro atoms. The lowest BCUT2D eigenvalue weighted by Gasteiger charge is -2.05. The number of aromatic nitrogens is 2. The maximum Gasteiger partial charge on any atom is 0.257 e. The van der Waals surface area contributed by atoms with E-state index < -0.39 is 5.95 Å². The first kappa shape index (κ1) is 12.0. The van der Waals surface area contributed by atoms with Crippen molar-refractivity contribution in [2.45, 2.75) is 0 Å². The molecule has 1 N–H and O–H groups in total. The number of rotatable bonds is 3. The third-order valence-electron chi connectivity index (χ3n) is 2.19. The highest BCUT2D eigenvalue weighted by molar-refractivity contribution is 6.03. The molecule has 0 aromatic carbocycles. The van der Waals surface area contributed by atoms with Crippen LogP contribution in [0.5, 0.6) is 5.88 Å². The fourth-order valence-electron chi connectivity index (χ4n) is 1.29. The van der Waals surface area contributed by atoms with Crippen LogP contribution in [0.2, 0.25) is 0 Å². The maximum absolute atomic E-state index is 12.6. The summed E-state index contributed by atoms with van der Waals surface area (Å²) in [7, 11) is 1.50. The van der Waals surface area contributed by atoms with Crippen LogP contribution in [0, 0.1) is 5.95 Å². The molecule has 92 valence electrons. The van der Waals surface area contributed by atoms with E-state index in [9.17, 15) is 9.18 Å². The van der Waals surface area contributed by atoms with E-state index in [-0.39, 0.29) is 11.5 Å². The lowest BCUT2D eigenvalue weighted by molar-refractivity contribution is 0.102. The zero-order chi connectivity index (χ0) is 13.0. The van der Waals surface area contributed by atoms with E-state index in [0.29, 0.717) is 11.6 Å². The number of halogens is 1. The summed E-state index contributed by atoms with van der Waals surface area (Å²) in [4.78, 5) is 19.1. The number of hydrogen-bond donors (Lipinski definition) is 1. The molecule has 2 aromatic rings. The van der Waals surface area contributed by atoms with Crippen molar-refractivity contribution in [3.8, 4) is 5.88 Å². The van der Waals surface area contributed by atoms with Crippen molar-refractivity contribution in [3.63, 3.8) is 0 Å². The van der Waals surface area contributed by atoms with Crippen LogP contribution in [0.25, 0.3) is 0 Å². The molecule has 1 amide bonds. The number of methoxy groups -OCH3 is 1. The second-order valence-electron chi connectivity index (χ2n) is 3.41. The third kappa shape index (κ3) is 2.79. The fourth-order valence-corrected chi connectivity index (χ4v) is 1.29. The molecule has 0 fully saturated rings. The van der Waals surface area contributed by atoms with Crippen LogP contribution < -0.4 is 10.1 Å². The number of hydrogen-bond acceptors (Lipinski definition) is 4. The van der Waals surface area contributed by atoms with Gasteiger partial charge in [-0.1, -0.05) is 0 Å². The molecule has 5 nitrogen and oxygen atoms in total. The summed E-state index contributed by atoms with van der Waals surface area (Å²) in [6.45, 7) is 0. The quantitative estimate of drug-likeness (QED) is 0.841. The summed E-state index contributed by atoms with van der Waals surface area (Å²) < 4.78 is 17.5. The SMILES string of the molecule is COc1ccc(NC(=O)c2ccc(F)nc2)cn1. The maximum atomic E-state index is 12.6. The van der Waals surface area contributed by atoms with E-state index in [1.165, 1.54) is 25.6 Å². The van der Waals surface area contributed by atoms with Crippen molar-refractivity contribution in [1.82, 2.24) is 9.97 Å². The normalized spacial score (nSPS) is 9.89. The fraction of sp³-hybridized carbons (Fsp3) is 0.0833. The monoisotopic (exact) mass is 247 g/mol. The second kappa shape index (κ2) is 5.22. The largest absolute Gasteiger partial charge is 0.481 e. The van der Waals surface area contributed by atoms with Gasteiger partial charge in [-0.05, 0) is 18.2 Å². The van der Waals surface area contributed by atoms with Crippen molar-refractivity contribution < 1.29 is 13.9 Å². The Hall–Kier alpha value is -2.50. The van der Waals surface area contributed by atoms with Gasteiger partial charge in [0.15, 0.2) is 0 Å². The van der Waals surface area contributed by atoms with Gasteiger partial charge >= 0.3 is 0 Å². The molecule has 0 saturated heterocycles. The first-order valence-corrected chi connectivity index (χ1v) is 5.12. The molecule has 2 rings (SSSR count). The summed E-state index contributed by atoms with van der Waals surface area (Å²) in [6, 6.07) is 5.76. The van der Waals surface area contributed by atoms with E-state index in [1.807, 2.05) is 0 Å². The Morgan fingerprint density at radius 3 is 2.61 bits per heavy atom. The number of nitrogens with zero attached hydrogens (tertiary/aromatic N) is 2. The van der Waals surface area contributed by atoms with Gasteiger partial charge < -0.3 is 10.1 Å². The molecular weight excluding hydrogens is 237 g/mol. The average molecular weight is 247 g/mol. The molecule has 0 aliphatic carbocycles. The molecule has 0 bridgehead atoms. The molecule has 0 radical (unpaired) electrons. The number of ether oxygens (including phenoxy) is 1. The van der Waals surface area contributed by atoms with Crippen LogP contribution in [-0.2, 0) is 0 Å². The second-order valence-corrected chi connectivity index (χ2v) is 3.41. The molecule has 0 saturated carbocycles. The number of amides is 1. The Bertz CT molecular complexity index is 540. The van der Waals surface area contributed by atoms with Gasteiger partial charge in [0.05, 0.1) is 24.6 Å². The van der Waals surface area contributed by atoms with Gasteiger partial charge in [-0.25, -0.2) is 9.97 Å². The molecular formula is C12H10FN3O2. The van der Waals surface area contributed by atoms with Gasteiger partial charge in [0.25, 0.3) is 5.91 Å². The van der Waals surface area contributed by atoms with Crippen molar-refractivity contribution in [2.75, 3.05) is 12.4 Å². The van der Waals surface area contributed by atoms with Crippen molar-refractivity contribution in [2.24, 2.45) is 0 Å². The Balaban J connectivity index is 2.08. The minimum atomic E-state index is -0.627. The van der Waals surface area contributed by atoms with E-state index in [0.717, 1.165) is 6.07 Å². The molecule has 0 atom stereocenters. The van der Waals surface area contributed by atoms with Gasteiger partial charge in [0, 0.05) is 12.3 Å². The highest BCUT2D eigenvalue weighted by Gasteiger charge is 2.07. The van der Waals surface area contributed by atoms with E-state index in [4.69, 9.17) is 4.74 Å². The highest BCUT2D eigenvalue weighted by Crippen LogP contribution is 2.12. The van der Waals surface area contributed by atoms with Crippen LogP contribution in [-0.4, -0.2) is 23.0 Å². The van der Waals surface area contributed by atoms with Gasteiger partial charge in [0.2, 0.25) is 11.8 Å². The Morgan fingerprint density at radius 2 is 2.06 bits per heavy atom. The first-order chi connectivity index (χ1) is 8.69. The molecule has 0 aliphatic rings. The number of anilines is 1. The van der Waals surface area contributed by atoms with E-state index in [2.05, 4.69) is 15.3 Å². The Labute approximate surface area is 103 Å². The molecule has 0 unspecified atom stereocenters. The van der Waals surface area contributed by atoms with E-state index in [1.54, 1.807) is 12.1 Å². The zero-order valence-electron chi connectivity index (χ0n) is 9.55. The summed E-state index contributed by atoms with van der Waals surface area (Å²) in [6.07, 6.45) is 2.63. The third-order valence-corrected chi connectivity index (χ3v) is 2.19. The van der Waals surface area contributed by atoms with Gasteiger partial charge in [-0.3, -0.25) is 4.79 Å². The predicted molar refractivity (Wildman–Crippen MR) is 62.9 cm³/mol. The predicted octanol–water partition coefficient (Wildman–Crippen LogP) is 1.88. The molecule has 6 heteroatoms. The average Bonchev–Trinajstić information content (AvgIpc) is 2.40. The summed E-state index contributed by atoms with van der Waals surface area (Å²) in [5.41, 5.74) is 0.789. The van der Waals surface area contributed by atoms with Crippen molar-refractivity contribution in [3.05, 3.63) is 48.2 Å². The topological polar surface area (TPSA) is 64.1 Å². The van der Waals surface area contributed by atoms with Gasteiger partial charge in [0.1, 0.15) is 0 Å². The molecule has 2 aromatic heterocycles. The lowest BCUT2D eigenvalue weighted by atomic mass is 10.2. The Kier molecular flexibility index (Phi) is 3.47. The van der Waals surface area contributed by atoms with Crippen LogP contribution in [0.4, 0.5) is 10.1 Å². The number of carbonyl (C=O) groups excluding carboxylic acids is 1. The smallest absolute Gasteiger partial charge is 0.257 e. The van der Waals surface area contributed by atoms with Crippen molar-refractivity contribution in [1.29, 1.82) is 0 Å². The molecule has 2 heterocycles. The highest BCUT2D eigenvalue weighted by atomic mass is 19.1. The number of nitrogens with one attached hydrogen (secondary N) is 1. The molecule has 18 heavy (non-hydrogen) atoms. The minimum absolute atomic E-state index is 0.271. The Morgan fingerprint density at radius 1 is 1.22 bits per heavy atom. The molecule has 0 aliphatic heterocycles. The van der Waals surface area contributed by atoms with Crippen LogP contribution >= 0.6 is 0 Å². The summed E-state index contributed by atoms with van der Waals surface area (Å²) in [5, 5.41) is 2.61. The standard InChI is InChI=1S/C12H10FN3O2/c1-18-11-5-3-9(7-15-11)16-12(17)8-2-4-10(13)14-6-8/h2-7H,1H3,(H,16,17). The van der Waals surface area contributed by atoms with Gasteiger partial charge in [-0.15, -0.1) is 0 Å². The van der Waals surface area contributed by atoms with Crippen LogP contribution in [0.1, 0.15) is 10.4 Å². The van der Waals surface area contributed by atoms with Crippen LogP contribution in [0.3, 0.4) is 0 Å². The van der Waals surface area contributed by atoms with Crippen LogP contribution in [0.15, 0.2) is 36.7 Å². The number of carbonyl (C=O) groups is 1. The lowest BCUT2D eigenvalue weighted by Crippen LogP contribution is -2.12. The number of pyridine rings is 2.